The van der Waals surface area contributed by atoms with Crippen LogP contribution in [0.25, 0.3) is 0 Å². The van der Waals surface area contributed by atoms with Crippen LogP contribution >= 0.6 is 0 Å². The van der Waals surface area contributed by atoms with Crippen molar-refractivity contribution in [1.82, 2.24) is 5.32 Å². The van der Waals surface area contributed by atoms with Gasteiger partial charge in [0.25, 0.3) is 0 Å². The van der Waals surface area contributed by atoms with Gasteiger partial charge >= 0.3 is 5.97 Å². The number of unbranched alkanes of at least 4 members (excludes halogenated alkanes) is 23. The summed E-state index contributed by atoms with van der Waals surface area (Å²) in [6.45, 7) is 4.98. The lowest BCUT2D eigenvalue weighted by molar-refractivity contribution is -0.148. The summed E-state index contributed by atoms with van der Waals surface area (Å²) in [5, 5.41) is 12.6. The number of hydrogen-bond acceptors (Lipinski definition) is 4. The number of carbonyl (C=O) groups excluding carboxylic acids is 2. The van der Waals surface area contributed by atoms with Crippen LogP contribution < -0.4 is 11.1 Å². The van der Waals surface area contributed by atoms with Crippen LogP contribution in [0.3, 0.4) is 0 Å². The van der Waals surface area contributed by atoms with Crippen molar-refractivity contribution in [3.05, 3.63) is 0 Å². The van der Waals surface area contributed by atoms with Gasteiger partial charge in [0.1, 0.15) is 0 Å². The summed E-state index contributed by atoms with van der Waals surface area (Å²) in [5.74, 6) is -1.54. The molecule has 1 amide bonds. The van der Waals surface area contributed by atoms with Crippen molar-refractivity contribution >= 4 is 17.7 Å². The second-order valence-corrected chi connectivity index (χ2v) is 12.8. The molecule has 0 unspecified atom stereocenters. The monoisotopic (exact) mass is 595 g/mol. The zero-order valence-electron chi connectivity index (χ0n) is 28.0. The highest BCUT2D eigenvalue weighted by Gasteiger charge is 2.40. The van der Waals surface area contributed by atoms with Crippen LogP contribution in [0.5, 0.6) is 0 Å². The molecular weight excluding hydrogens is 524 g/mol. The largest absolute Gasteiger partial charge is 0.480 e. The van der Waals surface area contributed by atoms with Gasteiger partial charge in [0, 0.05) is 19.4 Å². The fourth-order valence-corrected chi connectivity index (χ4v) is 5.69. The van der Waals surface area contributed by atoms with Crippen LogP contribution in [0.15, 0.2) is 0 Å². The normalized spacial score (nSPS) is 12.7. The van der Waals surface area contributed by atoms with E-state index >= 15 is 0 Å². The highest BCUT2D eigenvalue weighted by atomic mass is 16.4. The van der Waals surface area contributed by atoms with Crippen LogP contribution in [0.1, 0.15) is 200 Å². The number of amides is 1. The Balaban J connectivity index is 3.72. The summed E-state index contributed by atoms with van der Waals surface area (Å²) in [6.07, 6.45) is 31.9. The summed E-state index contributed by atoms with van der Waals surface area (Å²) in [4.78, 5) is 36.6. The van der Waals surface area contributed by atoms with E-state index in [2.05, 4.69) is 19.2 Å². The second kappa shape index (κ2) is 29.6. The standard InChI is InChI=1S/C36H70N2O4/c1-3-5-7-9-11-13-14-15-16-17-18-20-22-24-26-30-34(40)38-32-28-27-31-36(37,35(41)42)33(39)29-25-23-21-19-12-10-8-6-4-2/h3-32,37H2,1-2H3,(H,38,40)(H,41,42)/t36-/m1/s1. The highest BCUT2D eigenvalue weighted by molar-refractivity contribution is 6.07. The molecule has 0 aliphatic carbocycles. The fraction of sp³-hybridized carbons (Fsp3) is 0.917. The Kier molecular flexibility index (Phi) is 28.6. The quantitative estimate of drug-likeness (QED) is 0.0517. The van der Waals surface area contributed by atoms with E-state index in [1.165, 1.54) is 122 Å². The fourth-order valence-electron chi connectivity index (χ4n) is 5.69. The molecule has 0 aromatic heterocycles. The molecule has 0 aliphatic heterocycles. The van der Waals surface area contributed by atoms with Gasteiger partial charge in [-0.15, -0.1) is 0 Å². The van der Waals surface area contributed by atoms with Crippen molar-refractivity contribution in [2.75, 3.05) is 6.54 Å². The molecule has 6 heteroatoms. The van der Waals surface area contributed by atoms with E-state index in [4.69, 9.17) is 5.73 Å². The Bertz CT molecular complexity index is 654. The first kappa shape index (κ1) is 40.6. The molecule has 0 bridgehead atoms. The molecule has 0 rings (SSSR count). The minimum atomic E-state index is -1.81. The van der Waals surface area contributed by atoms with E-state index in [-0.39, 0.29) is 24.5 Å². The Morgan fingerprint density at radius 1 is 0.524 bits per heavy atom. The van der Waals surface area contributed by atoms with Crippen molar-refractivity contribution < 1.29 is 19.5 Å². The first-order valence-corrected chi connectivity index (χ1v) is 18.2. The first-order valence-electron chi connectivity index (χ1n) is 18.2. The van der Waals surface area contributed by atoms with Crippen LogP contribution in [0, 0.1) is 0 Å². The van der Waals surface area contributed by atoms with E-state index in [0.29, 0.717) is 32.2 Å². The molecule has 1 atom stereocenters. The zero-order chi connectivity index (χ0) is 31.2. The minimum absolute atomic E-state index is 0.0587. The SMILES string of the molecule is CCCCCCCCCCCCCCCCCC(=O)NCCCC[C@](N)(C(=O)O)C(=O)CCCCCCCCCCC. The van der Waals surface area contributed by atoms with Crippen LogP contribution in [0.2, 0.25) is 0 Å². The summed E-state index contributed by atoms with van der Waals surface area (Å²) in [6, 6.07) is 0. The van der Waals surface area contributed by atoms with Crippen LogP contribution in [-0.2, 0) is 14.4 Å². The molecule has 0 saturated carbocycles. The molecule has 0 aromatic carbocycles. The molecule has 4 N–H and O–H groups in total. The number of nitrogens with two attached hydrogens (primary N) is 1. The maximum Gasteiger partial charge on any atom is 0.331 e. The van der Waals surface area contributed by atoms with Crippen LogP contribution in [-0.4, -0.2) is 34.8 Å². The molecule has 0 heterocycles. The smallest absolute Gasteiger partial charge is 0.331 e. The van der Waals surface area contributed by atoms with E-state index < -0.39 is 11.5 Å². The molecule has 6 nitrogen and oxygen atoms in total. The summed E-state index contributed by atoms with van der Waals surface area (Å²) in [7, 11) is 0. The van der Waals surface area contributed by atoms with Gasteiger partial charge in [-0.3, -0.25) is 9.59 Å². The Hall–Kier alpha value is -1.43. The lowest BCUT2D eigenvalue weighted by Crippen LogP contribution is -2.54. The molecule has 248 valence electrons. The third-order valence-electron chi connectivity index (χ3n) is 8.71. The minimum Gasteiger partial charge on any atom is -0.480 e. The summed E-state index contributed by atoms with van der Waals surface area (Å²) >= 11 is 0. The third-order valence-corrected chi connectivity index (χ3v) is 8.71. The maximum absolute atomic E-state index is 12.6. The topological polar surface area (TPSA) is 109 Å². The van der Waals surface area contributed by atoms with E-state index in [9.17, 15) is 19.5 Å². The lowest BCUT2D eigenvalue weighted by atomic mass is 9.86. The predicted molar refractivity (Wildman–Crippen MR) is 178 cm³/mol. The van der Waals surface area contributed by atoms with Gasteiger partial charge in [-0.05, 0) is 32.1 Å². The number of hydrogen-bond donors (Lipinski definition) is 3. The van der Waals surface area contributed by atoms with E-state index in [1.54, 1.807) is 0 Å². The average Bonchev–Trinajstić information content (AvgIpc) is 2.97. The molecule has 0 saturated heterocycles. The zero-order valence-corrected chi connectivity index (χ0v) is 28.0. The molecule has 0 aliphatic rings. The number of rotatable bonds is 33. The highest BCUT2D eigenvalue weighted by Crippen LogP contribution is 2.19. The second-order valence-electron chi connectivity index (χ2n) is 12.8. The van der Waals surface area contributed by atoms with Gasteiger partial charge in [-0.2, -0.15) is 0 Å². The molecule has 0 radical (unpaired) electrons. The molecule has 0 spiro atoms. The first-order chi connectivity index (χ1) is 20.4. The lowest BCUT2D eigenvalue weighted by Gasteiger charge is -2.23. The van der Waals surface area contributed by atoms with Crippen LogP contribution in [0.4, 0.5) is 0 Å². The predicted octanol–water partition coefficient (Wildman–Crippen LogP) is 9.81. The number of Topliss-reactive ketones (excluding diaryl/α,β-unsaturated/α-hetero) is 1. The summed E-state index contributed by atoms with van der Waals surface area (Å²) < 4.78 is 0. The number of nitrogens with one attached hydrogen (secondary N) is 1. The number of aliphatic carboxylic acids is 1. The Labute approximate surface area is 260 Å². The van der Waals surface area contributed by atoms with Gasteiger partial charge in [0.15, 0.2) is 11.3 Å². The van der Waals surface area contributed by atoms with Crippen molar-refractivity contribution in [3.8, 4) is 0 Å². The number of carboxylic acids is 1. The summed E-state index contributed by atoms with van der Waals surface area (Å²) in [5.41, 5.74) is 4.26. The third kappa shape index (κ3) is 24.1. The molecule has 0 aromatic rings. The van der Waals surface area contributed by atoms with E-state index in [1.807, 2.05) is 0 Å². The van der Waals surface area contributed by atoms with Crippen molar-refractivity contribution in [2.45, 2.75) is 206 Å². The molecule has 0 fully saturated rings. The molecule has 42 heavy (non-hydrogen) atoms. The average molecular weight is 595 g/mol. The molecular formula is C36H70N2O4. The Morgan fingerprint density at radius 2 is 0.881 bits per heavy atom. The van der Waals surface area contributed by atoms with E-state index in [0.717, 1.165) is 25.7 Å². The van der Waals surface area contributed by atoms with Crippen molar-refractivity contribution in [2.24, 2.45) is 5.73 Å². The maximum atomic E-state index is 12.6. The van der Waals surface area contributed by atoms with Crippen molar-refractivity contribution in [3.63, 3.8) is 0 Å². The Morgan fingerprint density at radius 3 is 1.26 bits per heavy atom. The van der Waals surface area contributed by atoms with Crippen molar-refractivity contribution in [1.29, 1.82) is 0 Å². The number of carboxylic acid groups (broad SMARTS) is 1. The number of ketones is 1. The van der Waals surface area contributed by atoms with Gasteiger partial charge in [-0.25, -0.2) is 4.79 Å². The van der Waals surface area contributed by atoms with Gasteiger partial charge in [0.05, 0.1) is 0 Å². The van der Waals surface area contributed by atoms with Gasteiger partial charge in [0.2, 0.25) is 5.91 Å². The van der Waals surface area contributed by atoms with Gasteiger partial charge < -0.3 is 16.2 Å². The number of carbonyl (C=O) groups is 3. The van der Waals surface area contributed by atoms with Gasteiger partial charge in [-0.1, -0.05) is 155 Å².